The van der Waals surface area contributed by atoms with Crippen LogP contribution in [0.1, 0.15) is 285 Å². The fraction of sp³-hybridized carbons (Fsp3) is 0.570. The van der Waals surface area contributed by atoms with Crippen molar-refractivity contribution in [3.05, 3.63) is 219 Å². The molecule has 17 nitrogen and oxygen atoms in total. The van der Waals surface area contributed by atoms with E-state index in [1.54, 1.807) is 0 Å². The van der Waals surface area contributed by atoms with Crippen LogP contribution in [0.2, 0.25) is 0 Å². The maximum Gasteiger partial charge on any atom is 0.472 e. The van der Waals surface area contributed by atoms with Gasteiger partial charge in [0.25, 0.3) is 0 Å². The summed E-state index contributed by atoms with van der Waals surface area (Å²) in [6.45, 7) is 4.28. The normalized spacial score (nSPS) is 14.9. The number of hydrogen-bond acceptors (Lipinski definition) is 15. The number of unbranched alkanes of at least 4 members (excludes halogenated alkanes) is 14. The van der Waals surface area contributed by atoms with E-state index in [2.05, 4.69) is 210 Å². The zero-order valence-corrected chi connectivity index (χ0v) is 70.8. The van der Waals surface area contributed by atoms with Crippen molar-refractivity contribution < 1.29 is 80.2 Å². The summed E-state index contributed by atoms with van der Waals surface area (Å²) in [4.78, 5) is 73.2. The Morgan fingerprint density at radius 1 is 0.259 bits per heavy atom. The second-order valence-electron chi connectivity index (χ2n) is 26.9. The standard InChI is InChI=1S/C93H146O17P2/c1-5-9-13-17-21-25-29-33-37-40-43-46-50-53-57-61-65-69-73-77-90(95)103-83-88(109-92(97)79-75-71-67-63-59-55-49-36-32-28-24-20-16-12-8-4)85-107-111(99,100)105-81-87(94)82-106-112(101,102)108-86-89(110-93(98)80-76-72-68-64-60-56-52-48-45-42-39-35-31-27-23-19-15-11-7-3)84-104-91(96)78-74-70-66-62-58-54-51-47-44-41-38-34-30-26-22-18-14-10-6-2/h9-11,13-15,21-28,33-39,43-49,53-54,57-58,65-66,69-70,87-89,94H,5-8,12,16-20,29-32,40-42,50-52,55-56,59-64,67-68,71-86H2,1-4H3,(H,99,100)(H,101,102)/b13-9-,14-10-,15-11-,25-21-,26-22-,27-23-,28-24-,37-33-,38-34-,39-35-,46-43-,47-44-,48-45-,49-36-,57-53-,58-54-,69-65-,70-66-. The Bertz CT molecular complexity index is 2990. The molecule has 0 spiro atoms. The Labute approximate surface area is 677 Å². The highest BCUT2D eigenvalue weighted by Crippen LogP contribution is 2.45. The first-order valence-corrected chi connectivity index (χ1v) is 45.0. The molecule has 0 bridgehead atoms. The Hall–Kier alpha value is -6.62. The van der Waals surface area contributed by atoms with E-state index in [1.165, 1.54) is 19.3 Å². The zero-order valence-electron chi connectivity index (χ0n) is 69.0. The van der Waals surface area contributed by atoms with E-state index in [1.807, 2.05) is 36.5 Å². The predicted molar refractivity (Wildman–Crippen MR) is 463 cm³/mol. The van der Waals surface area contributed by atoms with Crippen LogP contribution in [-0.2, 0) is 65.4 Å². The number of carbonyl (C=O) groups excluding carboxylic acids is 4. The summed E-state index contributed by atoms with van der Waals surface area (Å²) >= 11 is 0. The average molecular weight is 1600 g/mol. The molecule has 0 radical (unpaired) electrons. The van der Waals surface area contributed by atoms with E-state index in [9.17, 15) is 43.2 Å². The first-order chi connectivity index (χ1) is 54.7. The molecule has 0 aromatic carbocycles. The van der Waals surface area contributed by atoms with Crippen molar-refractivity contribution in [2.75, 3.05) is 39.6 Å². The SMILES string of the molecule is CC/C=C\C/C=C\C/C=C\C/C=C\C/C=C\C/C=C\CCC(=O)OCC(COP(=O)(O)OCC(O)COP(=O)(O)OCC(COC(=O)CC/C=C\C/C=C\C/C=C\C/C=C\C/C=C\C/C=C\CC)OC(=O)CCCCCCCC/C=C\C/C=C\C/C=C\C/C=C\CC)OC(=O)CCCCCCC/C=C\C/C=C\CCCCC. The Balaban J connectivity index is 5.56. The second kappa shape index (κ2) is 82.4. The maximum absolute atomic E-state index is 13.1. The van der Waals surface area contributed by atoms with Crippen LogP contribution in [0, 0.1) is 0 Å². The van der Waals surface area contributed by atoms with Crippen molar-refractivity contribution in [2.24, 2.45) is 0 Å². The van der Waals surface area contributed by atoms with E-state index in [4.69, 9.17) is 37.0 Å². The fourth-order valence-corrected chi connectivity index (χ4v) is 11.8. The number of esters is 4. The summed E-state index contributed by atoms with van der Waals surface area (Å²) in [5.41, 5.74) is 0. The molecule has 0 saturated carbocycles. The third-order valence-corrected chi connectivity index (χ3v) is 18.3. The molecule has 0 saturated heterocycles. The Kier molecular flexibility index (Phi) is 77.5. The van der Waals surface area contributed by atoms with Gasteiger partial charge in [-0.25, -0.2) is 9.13 Å². The molecule has 112 heavy (non-hydrogen) atoms. The highest BCUT2D eigenvalue weighted by molar-refractivity contribution is 7.47. The topological polar surface area (TPSA) is 237 Å². The lowest BCUT2D eigenvalue weighted by molar-refractivity contribution is -0.161. The Morgan fingerprint density at radius 3 is 0.750 bits per heavy atom. The van der Waals surface area contributed by atoms with E-state index in [0.717, 1.165) is 173 Å². The quantitative estimate of drug-likeness (QED) is 0.0169. The molecular weight excluding hydrogens is 1450 g/mol. The van der Waals surface area contributed by atoms with Gasteiger partial charge in [0.05, 0.1) is 26.4 Å². The summed E-state index contributed by atoms with van der Waals surface area (Å²) in [6.07, 6.45) is 105. The molecule has 0 aliphatic rings. The highest BCUT2D eigenvalue weighted by Gasteiger charge is 2.30. The van der Waals surface area contributed by atoms with Crippen molar-refractivity contribution in [3.63, 3.8) is 0 Å². The molecule has 5 unspecified atom stereocenters. The third-order valence-electron chi connectivity index (χ3n) is 16.4. The van der Waals surface area contributed by atoms with Gasteiger partial charge in [0.1, 0.15) is 19.3 Å². The summed E-state index contributed by atoms with van der Waals surface area (Å²) in [7, 11) is -10.0. The van der Waals surface area contributed by atoms with Crippen LogP contribution in [0.15, 0.2) is 219 Å². The van der Waals surface area contributed by atoms with Gasteiger partial charge in [0.2, 0.25) is 0 Å². The van der Waals surface area contributed by atoms with Crippen molar-refractivity contribution >= 4 is 39.5 Å². The molecule has 0 aromatic heterocycles. The molecule has 0 aliphatic carbocycles. The number of aliphatic hydroxyl groups excluding tert-OH is 1. The number of phosphoric acid groups is 2. The molecule has 630 valence electrons. The summed E-state index contributed by atoms with van der Waals surface area (Å²) in [5.74, 6) is -2.43. The minimum Gasteiger partial charge on any atom is -0.462 e. The van der Waals surface area contributed by atoms with Gasteiger partial charge in [0, 0.05) is 25.7 Å². The number of allylic oxidation sites excluding steroid dienone is 36. The van der Waals surface area contributed by atoms with Gasteiger partial charge in [-0.3, -0.25) is 37.3 Å². The van der Waals surface area contributed by atoms with Crippen LogP contribution in [0.4, 0.5) is 0 Å². The average Bonchev–Trinajstić information content (AvgIpc) is 0.898. The monoisotopic (exact) mass is 1600 g/mol. The number of rotatable bonds is 76. The molecule has 3 N–H and O–H groups in total. The van der Waals surface area contributed by atoms with Crippen molar-refractivity contribution in [2.45, 2.75) is 303 Å². The van der Waals surface area contributed by atoms with Gasteiger partial charge in [-0.05, 0) is 173 Å². The zero-order chi connectivity index (χ0) is 81.7. The van der Waals surface area contributed by atoms with Gasteiger partial charge >= 0.3 is 39.5 Å². The molecule has 0 aromatic rings. The lowest BCUT2D eigenvalue weighted by Gasteiger charge is -2.21. The van der Waals surface area contributed by atoms with E-state index < -0.39 is 97.5 Å². The number of phosphoric ester groups is 2. The van der Waals surface area contributed by atoms with Crippen LogP contribution in [-0.4, -0.2) is 96.7 Å². The van der Waals surface area contributed by atoms with Crippen molar-refractivity contribution in [1.82, 2.24) is 0 Å². The van der Waals surface area contributed by atoms with Gasteiger partial charge in [-0.2, -0.15) is 0 Å². The molecule has 0 fully saturated rings. The lowest BCUT2D eigenvalue weighted by Crippen LogP contribution is -2.30. The molecular formula is C93H146O17P2. The summed E-state index contributed by atoms with van der Waals surface area (Å²) in [6, 6.07) is 0. The van der Waals surface area contributed by atoms with Gasteiger partial charge in [-0.15, -0.1) is 0 Å². The van der Waals surface area contributed by atoms with Crippen LogP contribution in [0.3, 0.4) is 0 Å². The lowest BCUT2D eigenvalue weighted by atomic mass is 10.1. The molecule has 5 atom stereocenters. The minimum atomic E-state index is -5.02. The molecule has 0 rings (SSSR count). The van der Waals surface area contributed by atoms with Gasteiger partial charge < -0.3 is 33.8 Å². The predicted octanol–water partition coefficient (Wildman–Crippen LogP) is 25.2. The number of aliphatic hydroxyl groups is 1. The largest absolute Gasteiger partial charge is 0.472 e. The van der Waals surface area contributed by atoms with E-state index in [-0.39, 0.29) is 25.7 Å². The van der Waals surface area contributed by atoms with E-state index in [0.29, 0.717) is 38.5 Å². The number of ether oxygens (including phenoxy) is 4. The third kappa shape index (κ3) is 81.4. The van der Waals surface area contributed by atoms with Crippen LogP contribution in [0.25, 0.3) is 0 Å². The molecule has 0 amide bonds. The highest BCUT2D eigenvalue weighted by atomic mass is 31.2. The number of hydrogen-bond donors (Lipinski definition) is 3. The first-order valence-electron chi connectivity index (χ1n) is 42.0. The van der Waals surface area contributed by atoms with Crippen LogP contribution >= 0.6 is 15.6 Å². The fourth-order valence-electron chi connectivity index (χ4n) is 10.2. The summed E-state index contributed by atoms with van der Waals surface area (Å²) < 4.78 is 68.6. The van der Waals surface area contributed by atoms with Crippen molar-refractivity contribution in [1.29, 1.82) is 0 Å². The molecule has 0 heterocycles. The smallest absolute Gasteiger partial charge is 0.462 e. The number of carbonyl (C=O) groups is 4. The Morgan fingerprint density at radius 2 is 0.482 bits per heavy atom. The summed E-state index contributed by atoms with van der Waals surface area (Å²) in [5, 5.41) is 10.7. The second-order valence-corrected chi connectivity index (χ2v) is 29.8. The molecule has 19 heteroatoms. The van der Waals surface area contributed by atoms with E-state index >= 15 is 0 Å². The van der Waals surface area contributed by atoms with Crippen LogP contribution < -0.4 is 0 Å². The minimum absolute atomic E-state index is 0.0218. The van der Waals surface area contributed by atoms with Crippen LogP contribution in [0.5, 0.6) is 0 Å². The molecule has 0 aliphatic heterocycles. The van der Waals surface area contributed by atoms with Gasteiger partial charge in [0.15, 0.2) is 12.2 Å². The van der Waals surface area contributed by atoms with Gasteiger partial charge in [-0.1, -0.05) is 304 Å². The maximum atomic E-state index is 13.1. The van der Waals surface area contributed by atoms with Crippen molar-refractivity contribution in [3.8, 4) is 0 Å². The first kappa shape index (κ1) is 105.